The molecule has 1 aromatic carbocycles. The second-order valence-electron chi connectivity index (χ2n) is 7.42. The molecule has 9 heteroatoms. The summed E-state index contributed by atoms with van der Waals surface area (Å²) in [6, 6.07) is 7.88. The van der Waals surface area contributed by atoms with Crippen LogP contribution in [-0.2, 0) is 21.8 Å². The number of benzene rings is 1. The number of hydrogen-bond acceptors (Lipinski definition) is 7. The van der Waals surface area contributed by atoms with Gasteiger partial charge >= 0.3 is 5.97 Å². The third-order valence-corrected chi connectivity index (χ3v) is 6.77. The Labute approximate surface area is 197 Å². The van der Waals surface area contributed by atoms with Gasteiger partial charge in [-0.05, 0) is 38.7 Å². The van der Waals surface area contributed by atoms with Gasteiger partial charge in [0.25, 0.3) is 0 Å². The van der Waals surface area contributed by atoms with Crippen LogP contribution in [-0.4, -0.2) is 45.8 Å². The van der Waals surface area contributed by atoms with Gasteiger partial charge in [0.05, 0.1) is 29.1 Å². The number of hydrogen-bond donors (Lipinski definition) is 0. The number of carbonyl (C=O) groups is 2. The van der Waals surface area contributed by atoms with Gasteiger partial charge in [0, 0.05) is 6.54 Å². The van der Waals surface area contributed by atoms with Crippen molar-refractivity contribution in [1.82, 2.24) is 14.5 Å². The number of rotatable bonds is 11. The zero-order chi connectivity index (χ0) is 23.1. The van der Waals surface area contributed by atoms with Crippen LogP contribution in [0.1, 0.15) is 54.3 Å². The molecule has 7 nitrogen and oxygen atoms in total. The Morgan fingerprint density at radius 1 is 1.19 bits per heavy atom. The molecule has 2 aromatic heterocycles. The topological polar surface area (TPSA) is 77.3 Å². The van der Waals surface area contributed by atoms with Crippen molar-refractivity contribution in [3.63, 3.8) is 0 Å². The lowest BCUT2D eigenvalue weighted by molar-refractivity contribution is -0.119. The van der Waals surface area contributed by atoms with E-state index in [1.165, 1.54) is 11.3 Å². The molecule has 0 spiro atoms. The molecule has 172 valence electrons. The third kappa shape index (κ3) is 5.50. The Kier molecular flexibility index (Phi) is 8.69. The van der Waals surface area contributed by atoms with Crippen molar-refractivity contribution in [3.05, 3.63) is 40.7 Å². The standard InChI is InChI=1S/C23H30N4O3S2/c1-5-7-10-13-26(23-24-16(3)21(32-23)22(29)30-6-2)20(28)14-27-18-12-9-8-11-17(18)25-19(27)15-31-4/h8-9,11-12H,5-7,10,13-15H2,1-4H3. The number of nitrogens with zero attached hydrogens (tertiary/aromatic N) is 4. The average Bonchev–Trinajstić information content (AvgIpc) is 3.32. The lowest BCUT2D eigenvalue weighted by Gasteiger charge is -2.21. The number of para-hydroxylation sites is 2. The predicted molar refractivity (Wildman–Crippen MR) is 132 cm³/mol. The van der Waals surface area contributed by atoms with Crippen molar-refractivity contribution in [1.29, 1.82) is 0 Å². The third-order valence-electron chi connectivity index (χ3n) is 5.06. The van der Waals surface area contributed by atoms with Gasteiger partial charge in [0.15, 0.2) is 5.13 Å². The highest BCUT2D eigenvalue weighted by atomic mass is 32.2. The number of thiazole rings is 1. The quantitative estimate of drug-likeness (QED) is 0.285. The molecule has 0 aliphatic rings. The highest BCUT2D eigenvalue weighted by molar-refractivity contribution is 7.97. The fourth-order valence-corrected chi connectivity index (χ4v) is 4.97. The van der Waals surface area contributed by atoms with Gasteiger partial charge in [-0.15, -0.1) is 0 Å². The second-order valence-corrected chi connectivity index (χ2v) is 9.26. The summed E-state index contributed by atoms with van der Waals surface area (Å²) in [5.74, 6) is 1.15. The number of fused-ring (bicyclic) bond motifs is 1. The number of esters is 1. The smallest absolute Gasteiger partial charge is 0.350 e. The Hall–Kier alpha value is -2.39. The number of amides is 1. The number of thioether (sulfide) groups is 1. The van der Waals surface area contributed by atoms with Crippen LogP contribution in [0.2, 0.25) is 0 Å². The van der Waals surface area contributed by atoms with Gasteiger partial charge < -0.3 is 9.30 Å². The first-order valence-electron chi connectivity index (χ1n) is 10.9. The van der Waals surface area contributed by atoms with Crippen LogP contribution >= 0.6 is 23.1 Å². The minimum atomic E-state index is -0.391. The van der Waals surface area contributed by atoms with E-state index in [-0.39, 0.29) is 12.5 Å². The van der Waals surface area contributed by atoms with Gasteiger partial charge in [-0.3, -0.25) is 9.69 Å². The van der Waals surface area contributed by atoms with Gasteiger partial charge in [-0.1, -0.05) is 43.2 Å². The largest absolute Gasteiger partial charge is 0.462 e. The first-order chi connectivity index (χ1) is 15.5. The maximum absolute atomic E-state index is 13.5. The molecule has 0 aliphatic carbocycles. The summed E-state index contributed by atoms with van der Waals surface area (Å²) in [4.78, 5) is 37.3. The molecule has 3 aromatic rings. The van der Waals surface area contributed by atoms with E-state index in [1.807, 2.05) is 35.1 Å². The summed E-state index contributed by atoms with van der Waals surface area (Å²) in [6.07, 6.45) is 4.97. The molecule has 0 unspecified atom stereocenters. The predicted octanol–water partition coefficient (Wildman–Crippen LogP) is 5.06. The SMILES string of the molecule is CCCCCN(C(=O)Cn1c(CSC)nc2ccccc21)c1nc(C)c(C(=O)OCC)s1. The Morgan fingerprint density at radius 2 is 1.97 bits per heavy atom. The van der Waals surface area contributed by atoms with E-state index >= 15 is 0 Å². The molecule has 2 heterocycles. The van der Waals surface area contributed by atoms with Crippen LogP contribution in [0.15, 0.2) is 24.3 Å². The van der Waals surface area contributed by atoms with E-state index in [2.05, 4.69) is 11.9 Å². The van der Waals surface area contributed by atoms with Crippen molar-refractivity contribution < 1.29 is 14.3 Å². The summed E-state index contributed by atoms with van der Waals surface area (Å²) in [7, 11) is 0. The fraction of sp³-hybridized carbons (Fsp3) is 0.478. The maximum Gasteiger partial charge on any atom is 0.350 e. The van der Waals surface area contributed by atoms with Crippen molar-refractivity contribution in [2.45, 2.75) is 52.3 Å². The van der Waals surface area contributed by atoms with Gasteiger partial charge in [0.2, 0.25) is 5.91 Å². The Balaban J connectivity index is 1.92. The molecule has 0 radical (unpaired) electrons. The number of aryl methyl sites for hydroxylation is 1. The highest BCUT2D eigenvalue weighted by Crippen LogP contribution is 2.28. The van der Waals surface area contributed by atoms with Gasteiger partial charge in [0.1, 0.15) is 17.2 Å². The van der Waals surface area contributed by atoms with E-state index in [9.17, 15) is 9.59 Å². The molecular weight excluding hydrogens is 444 g/mol. The molecule has 1 amide bonds. The van der Waals surface area contributed by atoms with Crippen LogP contribution in [0.4, 0.5) is 5.13 Å². The summed E-state index contributed by atoms with van der Waals surface area (Å²) in [6.45, 7) is 6.72. The summed E-state index contributed by atoms with van der Waals surface area (Å²) in [5.41, 5.74) is 2.42. The molecule has 0 fully saturated rings. The first kappa shape index (κ1) is 24.3. The van der Waals surface area contributed by atoms with Crippen LogP contribution < -0.4 is 4.90 Å². The molecular formula is C23H30N4O3S2. The minimum absolute atomic E-state index is 0.0595. The van der Waals surface area contributed by atoms with Crippen LogP contribution in [0, 0.1) is 6.92 Å². The van der Waals surface area contributed by atoms with Gasteiger partial charge in [-0.2, -0.15) is 11.8 Å². The van der Waals surface area contributed by atoms with Crippen LogP contribution in [0.3, 0.4) is 0 Å². The number of ether oxygens (including phenoxy) is 1. The lowest BCUT2D eigenvalue weighted by atomic mass is 10.2. The van der Waals surface area contributed by atoms with E-state index in [4.69, 9.17) is 9.72 Å². The normalized spacial score (nSPS) is 11.1. The van der Waals surface area contributed by atoms with Crippen molar-refractivity contribution in [3.8, 4) is 0 Å². The molecule has 0 aliphatic heterocycles. The molecule has 0 atom stereocenters. The van der Waals surface area contributed by atoms with Crippen molar-refractivity contribution >= 4 is 51.1 Å². The summed E-state index contributed by atoms with van der Waals surface area (Å²) < 4.78 is 7.14. The van der Waals surface area contributed by atoms with E-state index in [0.29, 0.717) is 28.9 Å². The Morgan fingerprint density at radius 3 is 2.69 bits per heavy atom. The van der Waals surface area contributed by atoms with Crippen LogP contribution in [0.25, 0.3) is 11.0 Å². The molecule has 32 heavy (non-hydrogen) atoms. The molecule has 0 bridgehead atoms. The molecule has 0 N–H and O–H groups in total. The van der Waals surface area contributed by atoms with Gasteiger partial charge in [-0.25, -0.2) is 14.8 Å². The lowest BCUT2D eigenvalue weighted by Crippen LogP contribution is -2.35. The molecule has 0 saturated carbocycles. The summed E-state index contributed by atoms with van der Waals surface area (Å²) >= 11 is 2.90. The fourth-order valence-electron chi connectivity index (χ4n) is 3.49. The zero-order valence-corrected chi connectivity index (χ0v) is 20.7. The number of imidazole rings is 1. The number of aromatic nitrogens is 3. The molecule has 3 rings (SSSR count). The van der Waals surface area contributed by atoms with Crippen molar-refractivity contribution in [2.75, 3.05) is 24.3 Å². The monoisotopic (exact) mass is 474 g/mol. The summed E-state index contributed by atoms with van der Waals surface area (Å²) in [5, 5.41) is 0.544. The van der Waals surface area contributed by atoms with E-state index in [0.717, 1.165) is 41.9 Å². The Bertz CT molecular complexity index is 1080. The van der Waals surface area contributed by atoms with E-state index < -0.39 is 5.97 Å². The highest BCUT2D eigenvalue weighted by Gasteiger charge is 2.25. The maximum atomic E-state index is 13.5. The molecule has 0 saturated heterocycles. The van der Waals surface area contributed by atoms with E-state index in [1.54, 1.807) is 30.5 Å². The number of carbonyl (C=O) groups excluding carboxylic acids is 2. The minimum Gasteiger partial charge on any atom is -0.462 e. The first-order valence-corrected chi connectivity index (χ1v) is 13.1. The zero-order valence-electron chi connectivity index (χ0n) is 19.1. The number of unbranched alkanes of at least 4 members (excludes halogenated alkanes) is 2. The van der Waals surface area contributed by atoms with Crippen molar-refractivity contribution in [2.24, 2.45) is 0 Å². The average molecular weight is 475 g/mol. The second kappa shape index (κ2) is 11.5. The van der Waals surface area contributed by atoms with Crippen LogP contribution in [0.5, 0.6) is 0 Å². The number of anilines is 1.